The van der Waals surface area contributed by atoms with Gasteiger partial charge < -0.3 is 26.3 Å². The summed E-state index contributed by atoms with van der Waals surface area (Å²) < 4.78 is 10.9. The highest BCUT2D eigenvalue weighted by Gasteiger charge is 2.26. The molecule has 1 aromatic heterocycles. The maximum absolute atomic E-state index is 12.3. The summed E-state index contributed by atoms with van der Waals surface area (Å²) in [5.41, 5.74) is 12.2. The van der Waals surface area contributed by atoms with Crippen LogP contribution < -0.4 is 21.5 Å². The molecule has 27 heavy (non-hydrogen) atoms. The second-order valence-electron chi connectivity index (χ2n) is 6.34. The summed E-state index contributed by atoms with van der Waals surface area (Å²) in [5.74, 6) is 0.103. The number of aromatic nitrogens is 1. The Morgan fingerprint density at radius 2 is 2.00 bits per heavy atom. The minimum atomic E-state index is -0.582. The largest absolute Gasteiger partial charge is 0.439 e. The van der Waals surface area contributed by atoms with Crippen LogP contribution in [0.4, 0.5) is 5.69 Å². The Labute approximate surface area is 156 Å². The van der Waals surface area contributed by atoms with Gasteiger partial charge >= 0.3 is 0 Å². The van der Waals surface area contributed by atoms with Gasteiger partial charge in [-0.1, -0.05) is 6.07 Å². The highest BCUT2D eigenvalue weighted by Crippen LogP contribution is 2.22. The number of benzene rings is 1. The van der Waals surface area contributed by atoms with Gasteiger partial charge in [-0.2, -0.15) is 0 Å². The van der Waals surface area contributed by atoms with E-state index in [1.54, 1.807) is 30.3 Å². The molecule has 2 heterocycles. The first kappa shape index (κ1) is 18.8. The Hall–Kier alpha value is -2.97. The molecular formula is C19H22N4O4. The van der Waals surface area contributed by atoms with Crippen LogP contribution in [-0.4, -0.2) is 36.1 Å². The highest BCUT2D eigenvalue weighted by atomic mass is 16.5. The Kier molecular flexibility index (Phi) is 6.00. The molecule has 1 atom stereocenters. The number of rotatable bonds is 6. The number of carbonyl (C=O) groups excluding carboxylic acids is 2. The number of hydrogen-bond acceptors (Lipinski definition) is 6. The molecule has 1 aromatic carbocycles. The topological polar surface area (TPSA) is 130 Å². The smallest absolute Gasteiger partial charge is 0.248 e. The third-order valence-corrected chi connectivity index (χ3v) is 4.42. The Balaban J connectivity index is 1.59. The van der Waals surface area contributed by atoms with Crippen LogP contribution in [-0.2, 0) is 9.53 Å². The number of nitrogens with zero attached hydrogens (tertiary/aromatic N) is 1. The molecule has 0 aliphatic carbocycles. The molecule has 3 rings (SSSR count). The Morgan fingerprint density at radius 3 is 2.67 bits per heavy atom. The second-order valence-corrected chi connectivity index (χ2v) is 6.34. The summed E-state index contributed by atoms with van der Waals surface area (Å²) in [5, 5.41) is 2.77. The van der Waals surface area contributed by atoms with Crippen LogP contribution in [0.1, 0.15) is 23.2 Å². The zero-order valence-electron chi connectivity index (χ0n) is 14.8. The fourth-order valence-corrected chi connectivity index (χ4v) is 2.86. The number of hydrogen-bond donors (Lipinski definition) is 3. The van der Waals surface area contributed by atoms with E-state index in [0.717, 1.165) is 12.8 Å². The quantitative estimate of drug-likeness (QED) is 0.709. The van der Waals surface area contributed by atoms with Crippen LogP contribution in [0.3, 0.4) is 0 Å². The zero-order valence-corrected chi connectivity index (χ0v) is 14.8. The first-order chi connectivity index (χ1) is 13.0. The summed E-state index contributed by atoms with van der Waals surface area (Å²) in [6, 6.07) is 9.20. The van der Waals surface area contributed by atoms with E-state index in [1.165, 1.54) is 12.3 Å². The molecule has 1 aliphatic rings. The van der Waals surface area contributed by atoms with Crippen molar-refractivity contribution in [2.24, 2.45) is 17.4 Å². The summed E-state index contributed by atoms with van der Waals surface area (Å²) in [6.07, 6.45) is 3.05. The van der Waals surface area contributed by atoms with Crippen molar-refractivity contribution in [2.45, 2.75) is 18.9 Å². The monoisotopic (exact) mass is 370 g/mol. The van der Waals surface area contributed by atoms with E-state index in [9.17, 15) is 9.59 Å². The highest BCUT2D eigenvalue weighted by molar-refractivity contribution is 5.94. The number of amides is 2. The lowest BCUT2D eigenvalue weighted by atomic mass is 9.92. The molecule has 1 saturated heterocycles. The molecule has 1 unspecified atom stereocenters. The fraction of sp³-hybridized carbons (Fsp3) is 0.316. The molecule has 2 aromatic rings. The third kappa shape index (κ3) is 5.02. The lowest BCUT2D eigenvalue weighted by Crippen LogP contribution is -2.44. The van der Waals surface area contributed by atoms with Crippen molar-refractivity contribution in [3.63, 3.8) is 0 Å². The molecule has 1 aliphatic heterocycles. The number of pyridine rings is 1. The second kappa shape index (κ2) is 8.61. The SMILES string of the molecule is NC(=O)c1cccc(Oc2ccc(NC(=O)C(N)C3CCOCC3)cn2)c1. The van der Waals surface area contributed by atoms with Gasteiger partial charge in [0.05, 0.1) is 17.9 Å². The molecular weight excluding hydrogens is 348 g/mol. The van der Waals surface area contributed by atoms with E-state index < -0.39 is 11.9 Å². The van der Waals surface area contributed by atoms with Gasteiger partial charge in [0.15, 0.2) is 0 Å². The van der Waals surface area contributed by atoms with Gasteiger partial charge in [-0.05, 0) is 43.0 Å². The first-order valence-electron chi connectivity index (χ1n) is 8.71. The molecule has 142 valence electrons. The number of anilines is 1. The van der Waals surface area contributed by atoms with Gasteiger partial charge in [-0.25, -0.2) is 4.98 Å². The minimum absolute atomic E-state index is 0.117. The van der Waals surface area contributed by atoms with Crippen molar-refractivity contribution in [3.05, 3.63) is 48.2 Å². The molecule has 0 bridgehead atoms. The van der Waals surface area contributed by atoms with Crippen molar-refractivity contribution in [1.82, 2.24) is 4.98 Å². The number of carbonyl (C=O) groups is 2. The van der Waals surface area contributed by atoms with E-state index in [4.69, 9.17) is 20.9 Å². The summed E-state index contributed by atoms with van der Waals surface area (Å²) >= 11 is 0. The summed E-state index contributed by atoms with van der Waals surface area (Å²) in [6.45, 7) is 1.27. The zero-order chi connectivity index (χ0) is 19.2. The van der Waals surface area contributed by atoms with Gasteiger partial charge in [-0.3, -0.25) is 9.59 Å². The van der Waals surface area contributed by atoms with Gasteiger partial charge in [0, 0.05) is 24.8 Å². The third-order valence-electron chi connectivity index (χ3n) is 4.42. The predicted molar refractivity (Wildman–Crippen MR) is 99.4 cm³/mol. The van der Waals surface area contributed by atoms with E-state index >= 15 is 0 Å². The maximum atomic E-state index is 12.3. The molecule has 0 saturated carbocycles. The van der Waals surface area contributed by atoms with E-state index in [-0.39, 0.29) is 11.8 Å². The van der Waals surface area contributed by atoms with E-state index in [0.29, 0.717) is 36.1 Å². The molecule has 1 fully saturated rings. The van der Waals surface area contributed by atoms with Crippen molar-refractivity contribution in [1.29, 1.82) is 0 Å². The van der Waals surface area contributed by atoms with Crippen LogP contribution in [0.25, 0.3) is 0 Å². The van der Waals surface area contributed by atoms with Gasteiger partial charge in [0.1, 0.15) is 5.75 Å². The summed E-state index contributed by atoms with van der Waals surface area (Å²) in [7, 11) is 0. The van der Waals surface area contributed by atoms with Crippen molar-refractivity contribution < 1.29 is 19.1 Å². The molecule has 2 amide bonds. The Bertz CT molecular complexity index is 804. The van der Waals surface area contributed by atoms with Crippen LogP contribution >= 0.6 is 0 Å². The normalized spacial score (nSPS) is 15.7. The van der Waals surface area contributed by atoms with Crippen LogP contribution in [0.2, 0.25) is 0 Å². The lowest BCUT2D eigenvalue weighted by molar-refractivity contribution is -0.119. The van der Waals surface area contributed by atoms with Gasteiger partial charge in [0.25, 0.3) is 0 Å². The average molecular weight is 370 g/mol. The minimum Gasteiger partial charge on any atom is -0.439 e. The van der Waals surface area contributed by atoms with Crippen LogP contribution in [0, 0.1) is 5.92 Å². The standard InChI is InChI=1S/C19H22N4O4/c20-17(12-6-8-26-9-7-12)19(25)23-14-4-5-16(22-11-14)27-15-3-1-2-13(10-15)18(21)24/h1-5,10-12,17H,6-9,20H2,(H2,21,24)(H,23,25). The lowest BCUT2D eigenvalue weighted by Gasteiger charge is -2.26. The first-order valence-corrected chi connectivity index (χ1v) is 8.71. The molecule has 0 radical (unpaired) electrons. The predicted octanol–water partition coefficient (Wildman–Crippen LogP) is 1.67. The Morgan fingerprint density at radius 1 is 1.22 bits per heavy atom. The van der Waals surface area contributed by atoms with Gasteiger partial charge in [0.2, 0.25) is 17.7 Å². The average Bonchev–Trinajstić information content (AvgIpc) is 2.69. The number of nitrogens with two attached hydrogens (primary N) is 2. The number of ether oxygens (including phenoxy) is 2. The van der Waals surface area contributed by atoms with E-state index in [1.807, 2.05) is 0 Å². The summed E-state index contributed by atoms with van der Waals surface area (Å²) in [4.78, 5) is 27.7. The fourth-order valence-electron chi connectivity index (χ4n) is 2.86. The maximum Gasteiger partial charge on any atom is 0.248 e. The molecule has 0 spiro atoms. The van der Waals surface area contributed by atoms with Crippen molar-refractivity contribution in [2.75, 3.05) is 18.5 Å². The molecule has 8 nitrogen and oxygen atoms in total. The number of nitrogens with one attached hydrogen (secondary N) is 1. The van der Waals surface area contributed by atoms with Crippen LogP contribution in [0.5, 0.6) is 11.6 Å². The van der Waals surface area contributed by atoms with Crippen molar-refractivity contribution in [3.8, 4) is 11.6 Å². The van der Waals surface area contributed by atoms with Crippen LogP contribution in [0.15, 0.2) is 42.6 Å². The van der Waals surface area contributed by atoms with E-state index in [2.05, 4.69) is 10.3 Å². The van der Waals surface area contributed by atoms with Crippen molar-refractivity contribution >= 4 is 17.5 Å². The number of primary amides is 1. The van der Waals surface area contributed by atoms with Gasteiger partial charge in [-0.15, -0.1) is 0 Å². The molecule has 8 heteroatoms. The molecule has 5 N–H and O–H groups in total.